The Hall–Kier alpha value is -1.39. The largest absolute Gasteiger partial charge is 0.309 e. The molecule has 2 aromatic rings. The van der Waals surface area contributed by atoms with Gasteiger partial charge in [0.25, 0.3) is 0 Å². The van der Waals surface area contributed by atoms with Crippen LogP contribution in [0.2, 0.25) is 0 Å². The molecule has 0 bridgehead atoms. The smallest absolute Gasteiger partial charge is 0.0538 e. The molecule has 0 aliphatic carbocycles. The van der Waals surface area contributed by atoms with Gasteiger partial charge in [-0.25, -0.2) is 4.68 Å². The van der Waals surface area contributed by atoms with E-state index in [1.165, 1.54) is 5.56 Å². The molecule has 0 aliphatic heterocycles. The van der Waals surface area contributed by atoms with Gasteiger partial charge in [-0.15, -0.1) is 0 Å². The van der Waals surface area contributed by atoms with Crippen molar-refractivity contribution in [2.75, 3.05) is 0 Å². The Morgan fingerprint density at radius 2 is 1.94 bits per heavy atom. The summed E-state index contributed by atoms with van der Waals surface area (Å²) < 4.78 is 2.81. The molecule has 3 nitrogen and oxygen atoms in total. The van der Waals surface area contributed by atoms with E-state index in [-0.39, 0.29) is 0 Å². The van der Waals surface area contributed by atoms with Crippen molar-refractivity contribution in [2.45, 2.75) is 13.1 Å². The summed E-state index contributed by atoms with van der Waals surface area (Å²) in [6.45, 7) is 5.32. The van der Waals surface area contributed by atoms with Crippen LogP contribution in [0.1, 0.15) is 11.1 Å². The van der Waals surface area contributed by atoms with Crippen LogP contribution in [0, 0.1) is 0 Å². The van der Waals surface area contributed by atoms with E-state index in [4.69, 9.17) is 0 Å². The van der Waals surface area contributed by atoms with E-state index >= 15 is 0 Å². The van der Waals surface area contributed by atoms with Crippen molar-refractivity contribution >= 4 is 22.1 Å². The second-order valence-corrected chi connectivity index (χ2v) is 4.66. The third-order valence-corrected chi connectivity index (χ3v) is 2.94. The third-order valence-electron chi connectivity index (χ3n) is 2.41. The Balaban J connectivity index is 1.83. The molecule has 2 rings (SSSR count). The molecular weight excluding hydrogens is 278 g/mol. The zero-order chi connectivity index (χ0) is 12.1. The lowest BCUT2D eigenvalue weighted by Gasteiger charge is -2.03. The number of halogens is 1. The molecule has 0 atom stereocenters. The predicted molar refractivity (Wildman–Crippen MR) is 73.3 cm³/mol. The van der Waals surface area contributed by atoms with Gasteiger partial charge in [0.05, 0.1) is 6.20 Å². The molecule has 0 fully saturated rings. The van der Waals surface area contributed by atoms with Gasteiger partial charge in [0.2, 0.25) is 0 Å². The first-order chi connectivity index (χ1) is 8.28. The number of rotatable bonds is 5. The SMILES string of the molecule is C=Cn1cc(CNCc2ccc(Br)cc2)cn1. The van der Waals surface area contributed by atoms with Crippen molar-refractivity contribution in [3.05, 3.63) is 58.8 Å². The topological polar surface area (TPSA) is 29.9 Å². The van der Waals surface area contributed by atoms with E-state index in [0.29, 0.717) is 0 Å². The molecule has 0 unspecified atom stereocenters. The van der Waals surface area contributed by atoms with Gasteiger partial charge >= 0.3 is 0 Å². The minimum Gasteiger partial charge on any atom is -0.309 e. The fourth-order valence-corrected chi connectivity index (χ4v) is 1.79. The number of nitrogens with one attached hydrogen (secondary N) is 1. The summed E-state index contributed by atoms with van der Waals surface area (Å²) in [5.41, 5.74) is 2.42. The van der Waals surface area contributed by atoms with Gasteiger partial charge in [-0.3, -0.25) is 0 Å². The minimum atomic E-state index is 0.809. The van der Waals surface area contributed by atoms with Crippen LogP contribution < -0.4 is 5.32 Å². The van der Waals surface area contributed by atoms with Crippen molar-refractivity contribution in [1.82, 2.24) is 15.1 Å². The quantitative estimate of drug-likeness (QED) is 0.918. The Morgan fingerprint density at radius 1 is 1.24 bits per heavy atom. The summed E-state index contributed by atoms with van der Waals surface area (Å²) in [6.07, 6.45) is 5.48. The molecule has 4 heteroatoms. The van der Waals surface area contributed by atoms with E-state index in [1.807, 2.05) is 24.5 Å². The van der Waals surface area contributed by atoms with Gasteiger partial charge in [0.15, 0.2) is 0 Å². The van der Waals surface area contributed by atoms with Crippen LogP contribution in [0.5, 0.6) is 0 Å². The lowest BCUT2D eigenvalue weighted by molar-refractivity contribution is 0.693. The van der Waals surface area contributed by atoms with Gasteiger partial charge in [-0.05, 0) is 17.7 Å². The third kappa shape index (κ3) is 3.54. The molecule has 0 aliphatic rings. The Labute approximate surface area is 109 Å². The fraction of sp³-hybridized carbons (Fsp3) is 0.154. The second-order valence-electron chi connectivity index (χ2n) is 3.74. The molecule has 1 N–H and O–H groups in total. The highest BCUT2D eigenvalue weighted by molar-refractivity contribution is 9.10. The standard InChI is InChI=1S/C13H14BrN3/c1-2-17-10-12(9-16-17)8-15-7-11-3-5-13(14)6-4-11/h2-6,9-10,15H,1,7-8H2. The Morgan fingerprint density at radius 3 is 2.59 bits per heavy atom. The number of hydrogen-bond acceptors (Lipinski definition) is 2. The van der Waals surface area contributed by atoms with Gasteiger partial charge in [0, 0.05) is 35.5 Å². The van der Waals surface area contributed by atoms with Crippen molar-refractivity contribution in [1.29, 1.82) is 0 Å². The van der Waals surface area contributed by atoms with Crippen LogP contribution in [-0.2, 0) is 13.1 Å². The van der Waals surface area contributed by atoms with Crippen LogP contribution in [0.15, 0.2) is 47.7 Å². The number of benzene rings is 1. The lowest BCUT2D eigenvalue weighted by atomic mass is 10.2. The first kappa shape index (κ1) is 12.1. The van der Waals surface area contributed by atoms with E-state index in [2.05, 4.69) is 45.1 Å². The van der Waals surface area contributed by atoms with Crippen molar-refractivity contribution in [2.24, 2.45) is 0 Å². The summed E-state index contributed by atoms with van der Waals surface area (Å²) in [4.78, 5) is 0. The molecule has 1 heterocycles. The van der Waals surface area contributed by atoms with Crippen LogP contribution in [0.25, 0.3) is 6.20 Å². The lowest BCUT2D eigenvalue weighted by Crippen LogP contribution is -2.12. The summed E-state index contributed by atoms with van der Waals surface area (Å²) >= 11 is 3.42. The molecule has 0 radical (unpaired) electrons. The summed E-state index contributed by atoms with van der Waals surface area (Å²) in [6, 6.07) is 8.30. The van der Waals surface area contributed by atoms with Crippen molar-refractivity contribution < 1.29 is 0 Å². The van der Waals surface area contributed by atoms with Crippen LogP contribution in [0.4, 0.5) is 0 Å². The van der Waals surface area contributed by atoms with Gasteiger partial charge in [0.1, 0.15) is 0 Å². The number of aromatic nitrogens is 2. The van der Waals surface area contributed by atoms with Gasteiger partial charge < -0.3 is 5.32 Å². The highest BCUT2D eigenvalue weighted by Gasteiger charge is 1.97. The monoisotopic (exact) mass is 291 g/mol. The Bertz CT molecular complexity index is 488. The maximum absolute atomic E-state index is 4.12. The highest BCUT2D eigenvalue weighted by atomic mass is 79.9. The highest BCUT2D eigenvalue weighted by Crippen LogP contribution is 2.10. The molecular formula is C13H14BrN3. The molecule has 88 valence electrons. The van der Waals surface area contributed by atoms with Crippen LogP contribution in [0.3, 0.4) is 0 Å². The first-order valence-electron chi connectivity index (χ1n) is 5.38. The fourth-order valence-electron chi connectivity index (χ4n) is 1.52. The van der Waals surface area contributed by atoms with Crippen LogP contribution in [-0.4, -0.2) is 9.78 Å². The van der Waals surface area contributed by atoms with Crippen molar-refractivity contribution in [3.63, 3.8) is 0 Å². The van der Waals surface area contributed by atoms with Crippen LogP contribution >= 0.6 is 15.9 Å². The average molecular weight is 292 g/mol. The predicted octanol–water partition coefficient (Wildman–Crippen LogP) is 3.04. The number of nitrogens with zero attached hydrogens (tertiary/aromatic N) is 2. The minimum absolute atomic E-state index is 0.809. The van der Waals surface area contributed by atoms with Crippen molar-refractivity contribution in [3.8, 4) is 0 Å². The molecule has 1 aromatic carbocycles. The molecule has 0 spiro atoms. The first-order valence-corrected chi connectivity index (χ1v) is 6.18. The molecule has 0 saturated heterocycles. The second kappa shape index (κ2) is 5.80. The molecule has 17 heavy (non-hydrogen) atoms. The van der Waals surface area contributed by atoms with E-state index in [1.54, 1.807) is 10.9 Å². The zero-order valence-electron chi connectivity index (χ0n) is 9.44. The van der Waals surface area contributed by atoms with E-state index in [9.17, 15) is 0 Å². The van der Waals surface area contributed by atoms with E-state index < -0.39 is 0 Å². The maximum atomic E-state index is 4.12. The van der Waals surface area contributed by atoms with E-state index in [0.717, 1.165) is 23.1 Å². The van der Waals surface area contributed by atoms with Gasteiger partial charge in [-0.2, -0.15) is 5.10 Å². The molecule has 0 saturated carbocycles. The summed E-state index contributed by atoms with van der Waals surface area (Å²) in [5.74, 6) is 0. The van der Waals surface area contributed by atoms with Gasteiger partial charge in [-0.1, -0.05) is 34.6 Å². The molecule has 1 aromatic heterocycles. The molecule has 0 amide bonds. The summed E-state index contributed by atoms with van der Waals surface area (Å²) in [7, 11) is 0. The summed E-state index contributed by atoms with van der Waals surface area (Å²) in [5, 5.41) is 7.50. The number of hydrogen-bond donors (Lipinski definition) is 1. The average Bonchev–Trinajstić information content (AvgIpc) is 2.80. The Kier molecular flexibility index (Phi) is 4.12. The maximum Gasteiger partial charge on any atom is 0.0538 e. The normalized spacial score (nSPS) is 10.4. The zero-order valence-corrected chi connectivity index (χ0v) is 11.0.